The van der Waals surface area contributed by atoms with E-state index < -0.39 is 0 Å². The van der Waals surface area contributed by atoms with Crippen LogP contribution in [0.5, 0.6) is 0 Å². The van der Waals surface area contributed by atoms with Gasteiger partial charge in [-0.2, -0.15) is 0 Å². The average Bonchev–Trinajstić information content (AvgIpc) is 2.88. The van der Waals surface area contributed by atoms with Gasteiger partial charge in [0.2, 0.25) is 5.91 Å². The highest BCUT2D eigenvalue weighted by atomic mass is 32.2. The minimum atomic E-state index is -0.0161. The second-order valence-electron chi connectivity index (χ2n) is 4.17. The molecule has 4 nitrogen and oxygen atoms in total. The Morgan fingerprint density at radius 3 is 2.95 bits per heavy atom. The van der Waals surface area contributed by atoms with Crippen LogP contribution >= 0.6 is 11.8 Å². The van der Waals surface area contributed by atoms with Gasteiger partial charge in [-0.25, -0.2) is 0 Å². The van der Waals surface area contributed by atoms with E-state index in [1.165, 1.54) is 11.8 Å². The Morgan fingerprint density at radius 2 is 2.26 bits per heavy atom. The van der Waals surface area contributed by atoms with Crippen LogP contribution < -0.4 is 11.1 Å². The summed E-state index contributed by atoms with van der Waals surface area (Å²) in [5.41, 5.74) is 7.51. The van der Waals surface area contributed by atoms with Crippen molar-refractivity contribution in [3.63, 3.8) is 0 Å². The Morgan fingerprint density at radius 1 is 1.42 bits per heavy atom. The van der Waals surface area contributed by atoms with Crippen LogP contribution in [0.2, 0.25) is 0 Å². The van der Waals surface area contributed by atoms with Crippen LogP contribution in [-0.4, -0.2) is 11.7 Å². The van der Waals surface area contributed by atoms with Crippen LogP contribution in [0, 0.1) is 6.92 Å². The van der Waals surface area contributed by atoms with E-state index in [1.54, 1.807) is 12.3 Å². The van der Waals surface area contributed by atoms with Crippen molar-refractivity contribution in [2.24, 2.45) is 0 Å². The second kappa shape index (κ2) is 6.33. The van der Waals surface area contributed by atoms with E-state index in [1.807, 2.05) is 31.2 Å². The van der Waals surface area contributed by atoms with E-state index in [0.717, 1.165) is 21.9 Å². The number of aryl methyl sites for hydroxylation is 1. The number of carbonyl (C=O) groups excluding carboxylic acids is 1. The molecule has 0 bridgehead atoms. The van der Waals surface area contributed by atoms with Gasteiger partial charge in [0.1, 0.15) is 5.76 Å². The van der Waals surface area contributed by atoms with Gasteiger partial charge >= 0.3 is 0 Å². The number of nitrogen functional groups attached to an aromatic ring is 1. The van der Waals surface area contributed by atoms with Crippen molar-refractivity contribution in [1.29, 1.82) is 0 Å². The lowest BCUT2D eigenvalue weighted by Crippen LogP contribution is -2.24. The Kier molecular flexibility index (Phi) is 4.52. The number of amides is 1. The first-order valence-corrected chi connectivity index (χ1v) is 6.92. The molecule has 19 heavy (non-hydrogen) atoms. The van der Waals surface area contributed by atoms with E-state index >= 15 is 0 Å². The van der Waals surface area contributed by atoms with Gasteiger partial charge in [0.25, 0.3) is 0 Å². The lowest BCUT2D eigenvalue weighted by atomic mass is 10.2. The first-order valence-electron chi connectivity index (χ1n) is 5.93. The van der Waals surface area contributed by atoms with Crippen LogP contribution in [0.4, 0.5) is 5.69 Å². The molecule has 1 aromatic carbocycles. The summed E-state index contributed by atoms with van der Waals surface area (Å²) in [6.45, 7) is 2.41. The summed E-state index contributed by atoms with van der Waals surface area (Å²) >= 11 is 1.50. The van der Waals surface area contributed by atoms with Crippen LogP contribution in [0.25, 0.3) is 0 Å². The molecule has 0 fully saturated rings. The molecule has 2 aromatic rings. The molecule has 0 spiro atoms. The van der Waals surface area contributed by atoms with Crippen LogP contribution in [-0.2, 0) is 11.3 Å². The van der Waals surface area contributed by atoms with Gasteiger partial charge in [-0.3, -0.25) is 4.79 Å². The molecule has 0 atom stereocenters. The fourth-order valence-corrected chi connectivity index (χ4v) is 2.47. The van der Waals surface area contributed by atoms with Gasteiger partial charge in [0.15, 0.2) is 0 Å². The van der Waals surface area contributed by atoms with Crippen LogP contribution in [0.1, 0.15) is 11.3 Å². The maximum absolute atomic E-state index is 11.7. The Bertz CT molecular complexity index is 553. The van der Waals surface area contributed by atoms with Crippen LogP contribution in [0.15, 0.2) is 45.9 Å². The molecule has 100 valence electrons. The molecule has 1 heterocycles. The molecular formula is C14H16N2O2S. The molecule has 0 unspecified atom stereocenters. The predicted molar refractivity (Wildman–Crippen MR) is 76.9 cm³/mol. The van der Waals surface area contributed by atoms with E-state index in [9.17, 15) is 4.79 Å². The van der Waals surface area contributed by atoms with Gasteiger partial charge < -0.3 is 15.5 Å². The fourth-order valence-electron chi connectivity index (χ4n) is 1.63. The smallest absolute Gasteiger partial charge is 0.230 e. The number of carbonyl (C=O) groups is 1. The lowest BCUT2D eigenvalue weighted by Gasteiger charge is -2.06. The maximum atomic E-state index is 11.7. The first-order chi connectivity index (χ1) is 9.15. The summed E-state index contributed by atoms with van der Waals surface area (Å²) in [6.07, 6.45) is 1.59. The molecule has 0 aliphatic rings. The third-order valence-corrected chi connectivity index (χ3v) is 3.77. The monoisotopic (exact) mass is 276 g/mol. The number of nitrogens with one attached hydrogen (secondary N) is 1. The predicted octanol–water partition coefficient (Wildman–Crippen LogP) is 2.58. The molecule has 0 saturated carbocycles. The quantitative estimate of drug-likeness (QED) is 0.650. The molecule has 1 aromatic heterocycles. The van der Waals surface area contributed by atoms with Crippen molar-refractivity contribution < 1.29 is 9.21 Å². The van der Waals surface area contributed by atoms with E-state index in [2.05, 4.69) is 5.32 Å². The van der Waals surface area contributed by atoms with Gasteiger partial charge in [-0.15, -0.1) is 11.8 Å². The molecule has 0 aliphatic carbocycles. The zero-order valence-corrected chi connectivity index (χ0v) is 11.5. The summed E-state index contributed by atoms with van der Waals surface area (Å²) in [4.78, 5) is 12.8. The van der Waals surface area contributed by atoms with Crippen molar-refractivity contribution in [2.75, 3.05) is 11.5 Å². The van der Waals surface area contributed by atoms with Gasteiger partial charge in [-0.1, -0.05) is 0 Å². The first kappa shape index (κ1) is 13.5. The molecule has 0 radical (unpaired) electrons. The summed E-state index contributed by atoms with van der Waals surface area (Å²) < 4.78 is 5.14. The van der Waals surface area contributed by atoms with Crippen molar-refractivity contribution in [3.8, 4) is 0 Å². The van der Waals surface area contributed by atoms with Crippen LogP contribution in [0.3, 0.4) is 0 Å². The van der Waals surface area contributed by atoms with Gasteiger partial charge in [0.05, 0.1) is 18.6 Å². The molecule has 3 N–H and O–H groups in total. The number of thioether (sulfide) groups is 1. The van der Waals surface area contributed by atoms with Gasteiger partial charge in [-0.05, 0) is 42.8 Å². The fraction of sp³-hybridized carbons (Fsp3) is 0.214. The SMILES string of the molecule is Cc1cc(N)ccc1SCC(=O)NCc1ccco1. The molecule has 0 saturated heterocycles. The second-order valence-corrected chi connectivity index (χ2v) is 5.19. The molecule has 5 heteroatoms. The molecular weight excluding hydrogens is 260 g/mol. The third kappa shape index (κ3) is 4.06. The summed E-state index contributed by atoms with van der Waals surface area (Å²) in [7, 11) is 0. The van der Waals surface area contributed by atoms with E-state index in [-0.39, 0.29) is 5.91 Å². The normalized spacial score (nSPS) is 10.4. The molecule has 0 aliphatic heterocycles. The number of anilines is 1. The summed E-state index contributed by atoms with van der Waals surface area (Å²) in [5, 5.41) is 2.81. The Hall–Kier alpha value is -1.88. The number of rotatable bonds is 5. The number of nitrogens with two attached hydrogens (primary N) is 1. The van der Waals surface area contributed by atoms with Crippen molar-refractivity contribution in [2.45, 2.75) is 18.4 Å². The van der Waals surface area contributed by atoms with Gasteiger partial charge in [0, 0.05) is 10.6 Å². The molecule has 2 rings (SSSR count). The Labute approximate surface area is 116 Å². The zero-order valence-electron chi connectivity index (χ0n) is 10.7. The largest absolute Gasteiger partial charge is 0.467 e. The number of benzene rings is 1. The minimum absolute atomic E-state index is 0.0161. The van der Waals surface area contributed by atoms with Crippen molar-refractivity contribution >= 4 is 23.4 Å². The number of hydrogen-bond acceptors (Lipinski definition) is 4. The Balaban J connectivity index is 1.80. The summed E-state index contributed by atoms with van der Waals surface area (Å²) in [6, 6.07) is 9.32. The lowest BCUT2D eigenvalue weighted by molar-refractivity contribution is -0.118. The minimum Gasteiger partial charge on any atom is -0.467 e. The standard InChI is InChI=1S/C14H16N2O2S/c1-10-7-11(15)4-5-13(10)19-9-14(17)16-8-12-3-2-6-18-12/h2-7H,8-9,15H2,1H3,(H,16,17). The number of hydrogen-bond donors (Lipinski definition) is 2. The third-order valence-electron chi connectivity index (χ3n) is 2.60. The highest BCUT2D eigenvalue weighted by Crippen LogP contribution is 2.23. The average molecular weight is 276 g/mol. The zero-order chi connectivity index (χ0) is 13.7. The van der Waals surface area contributed by atoms with Crippen molar-refractivity contribution in [1.82, 2.24) is 5.32 Å². The number of furan rings is 1. The molecule has 1 amide bonds. The highest BCUT2D eigenvalue weighted by molar-refractivity contribution is 8.00. The van der Waals surface area contributed by atoms with E-state index in [4.69, 9.17) is 10.2 Å². The summed E-state index contributed by atoms with van der Waals surface area (Å²) in [5.74, 6) is 1.12. The van der Waals surface area contributed by atoms with E-state index in [0.29, 0.717) is 12.3 Å². The van der Waals surface area contributed by atoms with Crippen molar-refractivity contribution in [3.05, 3.63) is 47.9 Å². The maximum Gasteiger partial charge on any atom is 0.230 e. The topological polar surface area (TPSA) is 68.3 Å². The highest BCUT2D eigenvalue weighted by Gasteiger charge is 2.05.